The summed E-state index contributed by atoms with van der Waals surface area (Å²) in [6.07, 6.45) is 5.05. The van der Waals surface area contributed by atoms with Crippen LogP contribution in [0, 0.1) is 5.92 Å². The minimum absolute atomic E-state index is 0.673. The van der Waals surface area contributed by atoms with Crippen molar-refractivity contribution in [1.29, 1.82) is 0 Å². The molecule has 0 amide bonds. The van der Waals surface area contributed by atoms with Crippen molar-refractivity contribution >= 4 is 107 Å². The number of aromatic nitrogens is 3. The van der Waals surface area contributed by atoms with E-state index in [4.69, 9.17) is 0 Å². The largest absolute Gasteiger partial charge is 0.353 e. The summed E-state index contributed by atoms with van der Waals surface area (Å²) in [6, 6.07) is 26.9. The molecular formula is C36H31N3S2. The molecule has 3 nitrogen and oxygen atoms in total. The van der Waals surface area contributed by atoms with E-state index in [1.807, 2.05) is 22.7 Å². The van der Waals surface area contributed by atoms with Gasteiger partial charge in [0.1, 0.15) is 0 Å². The van der Waals surface area contributed by atoms with Crippen LogP contribution in [0.1, 0.15) is 39.5 Å². The fourth-order valence-electron chi connectivity index (χ4n) is 7.23. The molecule has 0 spiro atoms. The zero-order valence-electron chi connectivity index (χ0n) is 23.3. The van der Waals surface area contributed by atoms with Gasteiger partial charge in [-0.15, -0.1) is 22.7 Å². The molecule has 0 radical (unpaired) electrons. The maximum atomic E-state index is 3.78. The summed E-state index contributed by atoms with van der Waals surface area (Å²) in [6.45, 7) is 5.76. The van der Waals surface area contributed by atoms with Gasteiger partial charge in [0.25, 0.3) is 0 Å². The van der Waals surface area contributed by atoms with Gasteiger partial charge in [-0.1, -0.05) is 93.8 Å². The van der Waals surface area contributed by atoms with E-state index < -0.39 is 0 Å². The fourth-order valence-corrected chi connectivity index (χ4v) is 9.98. The maximum absolute atomic E-state index is 3.78. The molecule has 0 saturated heterocycles. The van der Waals surface area contributed by atoms with E-state index in [1.165, 1.54) is 110 Å². The van der Waals surface area contributed by atoms with E-state index in [0.717, 1.165) is 6.54 Å². The molecule has 0 aliphatic rings. The third kappa shape index (κ3) is 3.25. The number of aromatic amines is 2. The Bertz CT molecular complexity index is 2280. The number of rotatable bonds is 6. The summed E-state index contributed by atoms with van der Waals surface area (Å²) < 4.78 is 8.37. The Hall–Kier alpha value is -3.80. The number of H-pyrrole nitrogens is 2. The Morgan fingerprint density at radius 2 is 1.12 bits per heavy atom. The van der Waals surface area contributed by atoms with Crippen molar-refractivity contribution in [1.82, 2.24) is 14.5 Å². The van der Waals surface area contributed by atoms with Crippen LogP contribution in [0.4, 0.5) is 0 Å². The predicted octanol–water partition coefficient (Wildman–Crippen LogP) is 11.7. The summed E-state index contributed by atoms with van der Waals surface area (Å²) in [4.78, 5) is 7.57. The average molecular weight is 570 g/mol. The Balaban J connectivity index is 1.40. The van der Waals surface area contributed by atoms with Crippen LogP contribution in [-0.4, -0.2) is 14.5 Å². The van der Waals surface area contributed by atoms with Gasteiger partial charge in [0.05, 0.1) is 40.9 Å². The van der Waals surface area contributed by atoms with E-state index in [-0.39, 0.29) is 0 Å². The molecule has 9 rings (SSSR count). The number of benzene rings is 4. The molecule has 0 fully saturated rings. The lowest BCUT2D eigenvalue weighted by atomic mass is 9.99. The molecule has 9 aromatic rings. The average Bonchev–Trinajstić information content (AvgIpc) is 3.79. The van der Waals surface area contributed by atoms with Crippen LogP contribution in [-0.2, 0) is 6.54 Å². The molecule has 1 unspecified atom stereocenters. The summed E-state index contributed by atoms with van der Waals surface area (Å²) in [7, 11) is 0. The SMILES string of the molecule is CCCCC(CC)Cn1c2c3ccc4c5ccccc5[nH]c4c3sc2c2sc3c(ccc4c5ccccc5[nH]c43)c21. The van der Waals surface area contributed by atoms with Crippen LogP contribution in [0.3, 0.4) is 0 Å². The maximum Gasteiger partial charge on any atom is 0.0714 e. The number of unbranched alkanes of at least 4 members (excludes halogenated alkanes) is 1. The summed E-state index contributed by atoms with van der Waals surface area (Å²) in [5.41, 5.74) is 7.86. The van der Waals surface area contributed by atoms with Crippen molar-refractivity contribution in [3.05, 3.63) is 72.8 Å². The zero-order chi connectivity index (χ0) is 27.2. The van der Waals surface area contributed by atoms with Crippen molar-refractivity contribution in [3.63, 3.8) is 0 Å². The van der Waals surface area contributed by atoms with Gasteiger partial charge < -0.3 is 14.5 Å². The van der Waals surface area contributed by atoms with E-state index in [1.54, 1.807) is 0 Å². The molecule has 202 valence electrons. The molecule has 4 aromatic carbocycles. The number of nitrogens with zero attached hydrogens (tertiary/aromatic N) is 1. The molecule has 1 atom stereocenters. The standard InChI is InChI=1S/C36H31N3S2/c1-3-5-10-20(4-2)19-39-31-25-17-15-23-21-11-6-8-13-27(21)37-29(23)33(25)40-35(31)36-32(39)26-18-16-24-22-12-7-9-14-28(22)38-30(24)34(26)41-36/h6-9,11-18,20,37-38H,3-5,10,19H2,1-2H3. The van der Waals surface area contributed by atoms with Crippen molar-refractivity contribution in [2.75, 3.05) is 0 Å². The first-order valence-corrected chi connectivity index (χ1v) is 16.6. The minimum Gasteiger partial charge on any atom is -0.353 e. The number of fused-ring (bicyclic) bond motifs is 15. The number of para-hydroxylation sites is 2. The summed E-state index contributed by atoms with van der Waals surface area (Å²) >= 11 is 3.97. The second-order valence-corrected chi connectivity index (χ2v) is 13.7. The highest BCUT2D eigenvalue weighted by Gasteiger charge is 2.25. The molecule has 41 heavy (non-hydrogen) atoms. The number of hydrogen-bond acceptors (Lipinski definition) is 2. The molecule has 2 N–H and O–H groups in total. The molecular weight excluding hydrogens is 539 g/mol. The van der Waals surface area contributed by atoms with Crippen LogP contribution in [0.15, 0.2) is 72.8 Å². The molecule has 0 saturated carbocycles. The predicted molar refractivity (Wildman–Crippen MR) is 182 cm³/mol. The number of thiophene rings is 2. The van der Waals surface area contributed by atoms with Gasteiger partial charge in [-0.3, -0.25) is 0 Å². The van der Waals surface area contributed by atoms with E-state index in [9.17, 15) is 0 Å². The quantitative estimate of drug-likeness (QED) is 0.200. The Labute approximate surface area is 245 Å². The van der Waals surface area contributed by atoms with Crippen molar-refractivity contribution in [3.8, 4) is 0 Å². The first-order chi connectivity index (χ1) is 20.2. The van der Waals surface area contributed by atoms with Crippen LogP contribution in [0.25, 0.3) is 84.2 Å². The third-order valence-corrected chi connectivity index (χ3v) is 11.9. The van der Waals surface area contributed by atoms with Crippen molar-refractivity contribution in [2.24, 2.45) is 5.92 Å². The third-order valence-electron chi connectivity index (χ3n) is 9.35. The fraction of sp³-hybridized carbons (Fsp3) is 0.222. The first kappa shape index (κ1) is 23.9. The zero-order valence-corrected chi connectivity index (χ0v) is 24.9. The lowest BCUT2D eigenvalue weighted by Crippen LogP contribution is -2.10. The first-order valence-electron chi connectivity index (χ1n) is 14.9. The highest BCUT2D eigenvalue weighted by molar-refractivity contribution is 7.34. The van der Waals surface area contributed by atoms with Crippen LogP contribution in [0.5, 0.6) is 0 Å². The van der Waals surface area contributed by atoms with E-state index in [0.29, 0.717) is 5.92 Å². The molecule has 0 aliphatic carbocycles. The highest BCUT2D eigenvalue weighted by atomic mass is 32.1. The second-order valence-electron chi connectivity index (χ2n) is 11.7. The molecule has 0 aliphatic heterocycles. The number of hydrogen-bond donors (Lipinski definition) is 2. The lowest BCUT2D eigenvalue weighted by Gasteiger charge is -2.17. The van der Waals surface area contributed by atoms with Crippen LogP contribution in [0.2, 0.25) is 0 Å². The van der Waals surface area contributed by atoms with E-state index in [2.05, 4.69) is 101 Å². The Morgan fingerprint density at radius 3 is 1.63 bits per heavy atom. The topological polar surface area (TPSA) is 36.5 Å². The van der Waals surface area contributed by atoms with Crippen LogP contribution >= 0.6 is 22.7 Å². The molecule has 5 aromatic heterocycles. The van der Waals surface area contributed by atoms with Gasteiger partial charge in [0.15, 0.2) is 0 Å². The Kier molecular flexibility index (Phi) is 5.15. The lowest BCUT2D eigenvalue weighted by molar-refractivity contribution is 0.401. The molecule has 5 heterocycles. The van der Waals surface area contributed by atoms with Crippen molar-refractivity contribution in [2.45, 2.75) is 46.1 Å². The molecule has 5 heteroatoms. The minimum atomic E-state index is 0.673. The smallest absolute Gasteiger partial charge is 0.0714 e. The normalized spacial score (nSPS) is 13.5. The van der Waals surface area contributed by atoms with Crippen LogP contribution < -0.4 is 0 Å². The van der Waals surface area contributed by atoms with Gasteiger partial charge >= 0.3 is 0 Å². The summed E-state index contributed by atoms with van der Waals surface area (Å²) in [5.74, 6) is 0.673. The van der Waals surface area contributed by atoms with Crippen molar-refractivity contribution < 1.29 is 0 Å². The number of nitrogens with one attached hydrogen (secondary N) is 2. The van der Waals surface area contributed by atoms with Gasteiger partial charge in [-0.2, -0.15) is 0 Å². The van der Waals surface area contributed by atoms with E-state index >= 15 is 0 Å². The summed E-state index contributed by atoms with van der Waals surface area (Å²) in [5, 5.41) is 8.04. The monoisotopic (exact) mass is 569 g/mol. The molecule has 0 bridgehead atoms. The van der Waals surface area contributed by atoms with Gasteiger partial charge in [-0.25, -0.2) is 0 Å². The van der Waals surface area contributed by atoms with Gasteiger partial charge in [0, 0.05) is 49.9 Å². The highest BCUT2D eigenvalue weighted by Crippen LogP contribution is 2.50. The van der Waals surface area contributed by atoms with Gasteiger partial charge in [0.2, 0.25) is 0 Å². The Morgan fingerprint density at radius 1 is 0.610 bits per heavy atom. The second kappa shape index (κ2) is 8.85. The van der Waals surface area contributed by atoms with Gasteiger partial charge in [-0.05, 0) is 24.5 Å².